The number of nitrogens with one attached hydrogen (secondary N) is 1. The van der Waals surface area contributed by atoms with Gasteiger partial charge >= 0.3 is 5.97 Å². The molecule has 0 aliphatic rings. The van der Waals surface area contributed by atoms with Crippen LogP contribution in [0.15, 0.2) is 53.0 Å². The van der Waals surface area contributed by atoms with Crippen molar-refractivity contribution in [2.24, 2.45) is 0 Å². The smallest absolute Gasteiger partial charge is 0.310 e. The van der Waals surface area contributed by atoms with E-state index in [1.165, 1.54) is 0 Å². The van der Waals surface area contributed by atoms with Gasteiger partial charge in [-0.1, -0.05) is 47.1 Å². The zero-order valence-corrected chi connectivity index (χ0v) is 16.4. The Kier molecular flexibility index (Phi) is 7.66. The number of carbonyl (C=O) groups is 2. The van der Waals surface area contributed by atoms with Crippen LogP contribution in [-0.2, 0) is 20.7 Å². The molecule has 0 spiro atoms. The van der Waals surface area contributed by atoms with E-state index in [-0.39, 0.29) is 25.0 Å². The molecule has 138 valence electrons. The fraction of sp³-hybridized carbons (Fsp3) is 0.300. The molecule has 0 saturated heterocycles. The third kappa shape index (κ3) is 6.19. The Bertz CT molecular complexity index is 728. The predicted molar refractivity (Wildman–Crippen MR) is 103 cm³/mol. The van der Waals surface area contributed by atoms with Crippen molar-refractivity contribution >= 4 is 27.8 Å². The van der Waals surface area contributed by atoms with Gasteiger partial charge in [0, 0.05) is 4.47 Å². The number of halogens is 1. The predicted octanol–water partition coefficient (Wildman–Crippen LogP) is 3.81. The highest BCUT2D eigenvalue weighted by Crippen LogP contribution is 2.19. The van der Waals surface area contributed by atoms with E-state index in [0.29, 0.717) is 0 Å². The summed E-state index contributed by atoms with van der Waals surface area (Å²) in [7, 11) is 1.58. The summed E-state index contributed by atoms with van der Waals surface area (Å²) < 4.78 is 11.1. The first kappa shape index (κ1) is 20.0. The zero-order chi connectivity index (χ0) is 18.9. The molecule has 0 fully saturated rings. The first-order chi connectivity index (χ1) is 12.5. The van der Waals surface area contributed by atoms with Crippen LogP contribution in [0.3, 0.4) is 0 Å². The summed E-state index contributed by atoms with van der Waals surface area (Å²) in [6.07, 6.45) is 0.856. The van der Waals surface area contributed by atoms with Gasteiger partial charge in [0.25, 0.3) is 5.91 Å². The first-order valence-electron chi connectivity index (χ1n) is 8.35. The fourth-order valence-electron chi connectivity index (χ4n) is 2.46. The summed E-state index contributed by atoms with van der Waals surface area (Å²) in [6.45, 7) is 1.70. The lowest BCUT2D eigenvalue weighted by Crippen LogP contribution is -2.32. The highest BCUT2D eigenvalue weighted by molar-refractivity contribution is 9.10. The van der Waals surface area contributed by atoms with E-state index in [2.05, 4.69) is 21.2 Å². The van der Waals surface area contributed by atoms with Gasteiger partial charge in [-0.3, -0.25) is 9.59 Å². The summed E-state index contributed by atoms with van der Waals surface area (Å²) in [5.74, 6) is -0.0371. The normalized spacial score (nSPS) is 11.5. The number of methoxy groups -OCH3 is 1. The minimum absolute atomic E-state index is 0.112. The minimum Gasteiger partial charge on any atom is -0.497 e. The van der Waals surface area contributed by atoms with E-state index in [4.69, 9.17) is 9.47 Å². The van der Waals surface area contributed by atoms with Gasteiger partial charge in [0.05, 0.1) is 19.6 Å². The van der Waals surface area contributed by atoms with Gasteiger partial charge < -0.3 is 14.8 Å². The van der Waals surface area contributed by atoms with Crippen molar-refractivity contribution in [1.82, 2.24) is 5.32 Å². The molecule has 26 heavy (non-hydrogen) atoms. The van der Waals surface area contributed by atoms with Crippen LogP contribution in [-0.4, -0.2) is 25.6 Å². The molecule has 6 heteroatoms. The molecule has 0 aliphatic heterocycles. The zero-order valence-electron chi connectivity index (χ0n) is 14.8. The summed E-state index contributed by atoms with van der Waals surface area (Å²) in [6, 6.07) is 14.8. The van der Waals surface area contributed by atoms with Crippen LogP contribution in [0.2, 0.25) is 0 Å². The Morgan fingerprint density at radius 2 is 1.73 bits per heavy atom. The number of rotatable bonds is 8. The second-order valence-electron chi connectivity index (χ2n) is 5.77. The SMILES string of the molecule is CC[C@H](NC(=O)COC(=O)Cc1ccc(OC)cc1)c1ccc(Br)cc1. The Balaban J connectivity index is 1.80. The van der Waals surface area contributed by atoms with Gasteiger partial charge in [0.2, 0.25) is 0 Å². The molecule has 0 unspecified atom stereocenters. The molecular weight excluding hydrogens is 398 g/mol. The average molecular weight is 420 g/mol. The van der Waals surface area contributed by atoms with E-state index in [9.17, 15) is 9.59 Å². The maximum absolute atomic E-state index is 12.1. The third-order valence-corrected chi connectivity index (χ3v) is 4.42. The standard InChI is InChI=1S/C20H22BrNO4/c1-3-18(15-6-8-16(21)9-7-15)22-19(23)13-26-20(24)12-14-4-10-17(25-2)11-5-14/h4-11,18H,3,12-13H2,1-2H3,(H,22,23)/t18-/m0/s1. The number of esters is 1. The highest BCUT2D eigenvalue weighted by atomic mass is 79.9. The van der Waals surface area contributed by atoms with Crippen molar-refractivity contribution < 1.29 is 19.1 Å². The highest BCUT2D eigenvalue weighted by Gasteiger charge is 2.14. The van der Waals surface area contributed by atoms with Crippen LogP contribution in [0.1, 0.15) is 30.5 Å². The van der Waals surface area contributed by atoms with E-state index < -0.39 is 5.97 Å². The first-order valence-corrected chi connectivity index (χ1v) is 9.14. The number of hydrogen-bond donors (Lipinski definition) is 1. The second kappa shape index (κ2) is 9.97. The molecule has 1 atom stereocenters. The summed E-state index contributed by atoms with van der Waals surface area (Å²) in [5, 5.41) is 2.89. The summed E-state index contributed by atoms with van der Waals surface area (Å²) in [5.41, 5.74) is 1.81. The van der Waals surface area contributed by atoms with Gasteiger partial charge in [-0.05, 0) is 41.8 Å². The number of hydrogen-bond acceptors (Lipinski definition) is 4. The van der Waals surface area contributed by atoms with Gasteiger partial charge in [-0.25, -0.2) is 0 Å². The topological polar surface area (TPSA) is 64.6 Å². The molecule has 2 aromatic rings. The molecule has 0 radical (unpaired) electrons. The fourth-order valence-corrected chi connectivity index (χ4v) is 2.72. The van der Waals surface area contributed by atoms with Crippen molar-refractivity contribution in [3.8, 4) is 5.75 Å². The maximum Gasteiger partial charge on any atom is 0.310 e. The average Bonchev–Trinajstić information content (AvgIpc) is 2.66. The summed E-state index contributed by atoms with van der Waals surface area (Å²) >= 11 is 3.39. The van der Waals surface area contributed by atoms with Gasteiger partial charge in [0.15, 0.2) is 6.61 Å². The molecule has 1 N–H and O–H groups in total. The van der Waals surface area contributed by atoms with Gasteiger partial charge in [-0.2, -0.15) is 0 Å². The molecule has 0 heterocycles. The molecule has 2 aromatic carbocycles. The largest absolute Gasteiger partial charge is 0.497 e. The molecule has 0 aliphatic carbocycles. The minimum atomic E-state index is -0.443. The maximum atomic E-state index is 12.1. The van der Waals surface area contributed by atoms with Crippen molar-refractivity contribution in [2.75, 3.05) is 13.7 Å². The van der Waals surface area contributed by atoms with Crippen LogP contribution in [0.4, 0.5) is 0 Å². The summed E-state index contributed by atoms with van der Waals surface area (Å²) in [4.78, 5) is 24.0. The van der Waals surface area contributed by atoms with Crippen LogP contribution in [0.25, 0.3) is 0 Å². The Hall–Kier alpha value is -2.34. The lowest BCUT2D eigenvalue weighted by Gasteiger charge is -2.17. The van der Waals surface area contributed by atoms with Crippen LogP contribution >= 0.6 is 15.9 Å². The Labute approximate surface area is 161 Å². The quantitative estimate of drug-likeness (QED) is 0.660. The number of ether oxygens (including phenoxy) is 2. The van der Waals surface area contributed by atoms with E-state index in [1.54, 1.807) is 31.4 Å². The van der Waals surface area contributed by atoms with Gasteiger partial charge in [0.1, 0.15) is 5.75 Å². The van der Waals surface area contributed by atoms with Crippen LogP contribution in [0, 0.1) is 0 Å². The second-order valence-corrected chi connectivity index (χ2v) is 6.68. The number of carbonyl (C=O) groups excluding carboxylic acids is 2. The molecule has 0 saturated carbocycles. The number of amides is 1. The van der Waals surface area contributed by atoms with Crippen molar-refractivity contribution in [3.05, 3.63) is 64.1 Å². The number of benzene rings is 2. The molecule has 0 bridgehead atoms. The molecule has 5 nitrogen and oxygen atoms in total. The van der Waals surface area contributed by atoms with Crippen molar-refractivity contribution in [2.45, 2.75) is 25.8 Å². The third-order valence-electron chi connectivity index (χ3n) is 3.89. The molecular formula is C20H22BrNO4. The molecule has 0 aromatic heterocycles. The lowest BCUT2D eigenvalue weighted by atomic mass is 10.0. The lowest BCUT2D eigenvalue weighted by molar-refractivity contribution is -0.148. The molecule has 1 amide bonds. The van der Waals surface area contributed by atoms with Gasteiger partial charge in [-0.15, -0.1) is 0 Å². The van der Waals surface area contributed by atoms with E-state index >= 15 is 0 Å². The van der Waals surface area contributed by atoms with Crippen LogP contribution < -0.4 is 10.1 Å². The van der Waals surface area contributed by atoms with Crippen molar-refractivity contribution in [3.63, 3.8) is 0 Å². The van der Waals surface area contributed by atoms with Crippen molar-refractivity contribution in [1.29, 1.82) is 0 Å². The Morgan fingerprint density at radius 3 is 2.31 bits per heavy atom. The monoisotopic (exact) mass is 419 g/mol. The van der Waals surface area contributed by atoms with E-state index in [0.717, 1.165) is 27.8 Å². The molecule has 2 rings (SSSR count). The van der Waals surface area contributed by atoms with E-state index in [1.807, 2.05) is 31.2 Å². The van der Waals surface area contributed by atoms with Crippen LogP contribution in [0.5, 0.6) is 5.75 Å². The Morgan fingerprint density at radius 1 is 1.08 bits per heavy atom.